The Morgan fingerprint density at radius 3 is 2.71 bits per heavy atom. The van der Waals surface area contributed by atoms with E-state index in [4.69, 9.17) is 30.8 Å². The Morgan fingerprint density at radius 2 is 2.00 bits per heavy atom. The molecule has 0 saturated heterocycles. The van der Waals surface area contributed by atoms with E-state index >= 15 is 0 Å². The van der Waals surface area contributed by atoms with Gasteiger partial charge in [-0.1, -0.05) is 30.3 Å². The lowest BCUT2D eigenvalue weighted by molar-refractivity contribution is 0.0596. The molecule has 8 heteroatoms. The molecule has 0 aliphatic heterocycles. The highest BCUT2D eigenvalue weighted by Crippen LogP contribution is 2.27. The summed E-state index contributed by atoms with van der Waals surface area (Å²) in [5.74, 6) is 0.549. The monoisotopic (exact) mass is 484 g/mol. The molecule has 0 radical (unpaired) electrons. The second kappa shape index (κ2) is 11.5. The molecule has 0 fully saturated rings. The zero-order valence-electron chi connectivity index (χ0n) is 19.3. The maximum Gasteiger partial charge on any atom is 0.341 e. The topological polar surface area (TPSA) is 62.6 Å². The molecule has 0 aliphatic rings. The van der Waals surface area contributed by atoms with Crippen LogP contribution in [0.4, 0.5) is 4.39 Å². The van der Waals surface area contributed by atoms with Crippen LogP contribution in [0.3, 0.4) is 0 Å². The van der Waals surface area contributed by atoms with E-state index in [2.05, 4.69) is 6.58 Å². The molecule has 0 amide bonds. The molecule has 178 valence electrons. The van der Waals surface area contributed by atoms with Crippen molar-refractivity contribution in [2.24, 2.45) is 0 Å². The van der Waals surface area contributed by atoms with Crippen LogP contribution in [0.2, 0.25) is 0 Å². The fraction of sp³-hybridized carbons (Fsp3) is 0.231. The van der Waals surface area contributed by atoms with E-state index in [9.17, 15) is 9.18 Å². The molecule has 0 N–H and O–H groups in total. The highest BCUT2D eigenvalue weighted by atomic mass is 35.5. The Kier molecular flexibility index (Phi) is 8.49. The highest BCUT2D eigenvalue weighted by Gasteiger charge is 2.16. The maximum absolute atomic E-state index is 13.6. The van der Waals surface area contributed by atoms with Gasteiger partial charge in [0.15, 0.2) is 0 Å². The minimum atomic E-state index is -0.510. The summed E-state index contributed by atoms with van der Waals surface area (Å²) in [5, 5.41) is 0.293. The molecular weight excluding hydrogens is 459 g/mol. The number of hydrogen-bond donors (Lipinski definition) is 0. The minimum Gasteiger partial charge on any atom is -0.493 e. The van der Waals surface area contributed by atoms with Gasteiger partial charge in [-0.3, -0.25) is 0 Å². The average Bonchev–Trinajstić information content (AvgIpc) is 3.19. The summed E-state index contributed by atoms with van der Waals surface area (Å²) in [6.07, 6.45) is 2.33. The second-order valence-electron chi connectivity index (χ2n) is 7.34. The Balaban J connectivity index is 1.91. The molecule has 2 aromatic carbocycles. The number of fused-ring (bicyclic) bond motifs is 1. The van der Waals surface area contributed by atoms with Crippen molar-refractivity contribution in [3.63, 3.8) is 0 Å². The normalized spacial score (nSPS) is 12.3. The first-order chi connectivity index (χ1) is 16.4. The van der Waals surface area contributed by atoms with Gasteiger partial charge in [0.1, 0.15) is 35.3 Å². The number of imidazole rings is 1. The summed E-state index contributed by atoms with van der Waals surface area (Å²) < 4.78 is 31.9. The number of benzene rings is 2. The smallest absolute Gasteiger partial charge is 0.341 e. The van der Waals surface area contributed by atoms with Crippen molar-refractivity contribution >= 4 is 28.6 Å². The van der Waals surface area contributed by atoms with E-state index in [1.165, 1.54) is 13.2 Å². The first kappa shape index (κ1) is 25.1. The molecule has 0 saturated carbocycles. The maximum atomic E-state index is 13.6. The Hall–Kier alpha value is -3.58. The number of carbonyl (C=O) groups excluding carboxylic acids is 1. The fourth-order valence-corrected chi connectivity index (χ4v) is 3.49. The molecule has 1 heterocycles. The highest BCUT2D eigenvalue weighted by molar-refractivity contribution is 6.31. The van der Waals surface area contributed by atoms with Gasteiger partial charge < -0.3 is 18.8 Å². The van der Waals surface area contributed by atoms with E-state index in [-0.39, 0.29) is 6.61 Å². The summed E-state index contributed by atoms with van der Waals surface area (Å²) in [4.78, 5) is 16.7. The SMILES string of the molecule is C=C/C(F)=C\C(Cl)=C(/C)Cn1c(COc2ccc(C(=O)OC)c(OCC)c2)nc2ccccc21. The molecular formula is C26H26ClFN2O4. The third-order valence-electron chi connectivity index (χ3n) is 5.02. The van der Waals surface area contributed by atoms with Gasteiger partial charge >= 0.3 is 5.97 Å². The first-order valence-electron chi connectivity index (χ1n) is 10.6. The van der Waals surface area contributed by atoms with Crippen molar-refractivity contribution in [2.45, 2.75) is 27.0 Å². The van der Waals surface area contributed by atoms with Crippen LogP contribution >= 0.6 is 11.6 Å². The van der Waals surface area contributed by atoms with Gasteiger partial charge in [-0.25, -0.2) is 14.2 Å². The van der Waals surface area contributed by atoms with Gasteiger partial charge in [-0.2, -0.15) is 0 Å². The van der Waals surface area contributed by atoms with Gasteiger partial charge in [0.25, 0.3) is 0 Å². The van der Waals surface area contributed by atoms with Crippen LogP contribution in [-0.2, 0) is 17.9 Å². The Morgan fingerprint density at radius 1 is 1.24 bits per heavy atom. The van der Waals surface area contributed by atoms with Crippen LogP contribution in [0.1, 0.15) is 30.0 Å². The Labute approximate surface area is 202 Å². The van der Waals surface area contributed by atoms with E-state index < -0.39 is 11.8 Å². The van der Waals surface area contributed by atoms with Crippen LogP contribution in [0.25, 0.3) is 11.0 Å². The molecule has 0 atom stereocenters. The fourth-order valence-electron chi connectivity index (χ4n) is 3.32. The molecule has 0 spiro atoms. The summed E-state index contributed by atoms with van der Waals surface area (Å²) in [5.41, 5.74) is 2.77. The number of aromatic nitrogens is 2. The van der Waals surface area contributed by atoms with Crippen molar-refractivity contribution < 1.29 is 23.4 Å². The second-order valence-corrected chi connectivity index (χ2v) is 7.74. The molecule has 34 heavy (non-hydrogen) atoms. The molecule has 3 rings (SSSR count). The average molecular weight is 485 g/mol. The van der Waals surface area contributed by atoms with Crippen LogP contribution in [-0.4, -0.2) is 29.2 Å². The minimum absolute atomic E-state index is 0.152. The largest absolute Gasteiger partial charge is 0.493 e. The number of esters is 1. The van der Waals surface area contributed by atoms with Gasteiger partial charge in [0.05, 0.1) is 24.8 Å². The summed E-state index contributed by atoms with van der Waals surface area (Å²) >= 11 is 6.30. The van der Waals surface area contributed by atoms with Crippen LogP contribution in [0.5, 0.6) is 11.5 Å². The lowest BCUT2D eigenvalue weighted by Crippen LogP contribution is -2.09. The number of para-hydroxylation sites is 2. The van der Waals surface area contributed by atoms with E-state index in [1.807, 2.05) is 42.7 Å². The van der Waals surface area contributed by atoms with Gasteiger partial charge in [-0.05, 0) is 55.8 Å². The lowest BCUT2D eigenvalue weighted by atomic mass is 10.2. The number of allylic oxidation sites excluding steroid dienone is 5. The van der Waals surface area contributed by atoms with Crippen molar-refractivity contribution in [3.05, 3.63) is 89.0 Å². The van der Waals surface area contributed by atoms with E-state index in [0.29, 0.717) is 41.1 Å². The predicted molar refractivity (Wildman–Crippen MR) is 131 cm³/mol. The Bertz CT molecular complexity index is 1260. The summed E-state index contributed by atoms with van der Waals surface area (Å²) in [6.45, 7) is 7.99. The van der Waals surface area contributed by atoms with Crippen molar-refractivity contribution in [3.8, 4) is 11.5 Å². The standard InChI is InChI=1S/C26H26ClFN2O4/c1-5-18(28)13-21(27)17(3)15-30-23-10-8-7-9-22(23)29-25(30)16-34-19-11-12-20(26(31)32-4)24(14-19)33-6-2/h5,7-14H,1,6,15-16H2,2-4H3/b18-13+,21-17-. The van der Waals surface area contributed by atoms with E-state index in [1.54, 1.807) is 18.2 Å². The van der Waals surface area contributed by atoms with Gasteiger partial charge in [-0.15, -0.1) is 0 Å². The van der Waals surface area contributed by atoms with Crippen LogP contribution in [0.15, 0.2) is 77.6 Å². The van der Waals surface area contributed by atoms with Crippen molar-refractivity contribution in [1.29, 1.82) is 0 Å². The van der Waals surface area contributed by atoms with Gasteiger partial charge in [0.2, 0.25) is 0 Å². The molecule has 0 bridgehead atoms. The number of nitrogens with zero attached hydrogens (tertiary/aromatic N) is 2. The third kappa shape index (κ3) is 5.85. The van der Waals surface area contributed by atoms with Gasteiger partial charge in [0, 0.05) is 17.6 Å². The zero-order valence-corrected chi connectivity index (χ0v) is 20.1. The number of methoxy groups -OCH3 is 1. The zero-order chi connectivity index (χ0) is 24.7. The number of rotatable bonds is 10. The predicted octanol–water partition coefficient (Wildman–Crippen LogP) is 6.35. The number of carbonyl (C=O) groups is 1. The molecule has 1 aromatic heterocycles. The molecule has 3 aromatic rings. The number of hydrogen-bond acceptors (Lipinski definition) is 5. The van der Waals surface area contributed by atoms with E-state index in [0.717, 1.165) is 22.7 Å². The quantitative estimate of drug-likeness (QED) is 0.248. The number of halogens is 2. The van der Waals surface area contributed by atoms with Crippen molar-refractivity contribution in [1.82, 2.24) is 9.55 Å². The summed E-state index contributed by atoms with van der Waals surface area (Å²) in [7, 11) is 1.32. The lowest BCUT2D eigenvalue weighted by Gasteiger charge is -2.13. The molecule has 6 nitrogen and oxygen atoms in total. The van der Waals surface area contributed by atoms with Crippen LogP contribution in [0, 0.1) is 0 Å². The molecule has 0 unspecified atom stereocenters. The van der Waals surface area contributed by atoms with Crippen LogP contribution < -0.4 is 9.47 Å². The third-order valence-corrected chi connectivity index (χ3v) is 5.45. The molecule has 0 aliphatic carbocycles. The van der Waals surface area contributed by atoms with Crippen molar-refractivity contribution in [2.75, 3.05) is 13.7 Å². The number of ether oxygens (including phenoxy) is 3. The first-order valence-corrected chi connectivity index (χ1v) is 11.0. The summed E-state index contributed by atoms with van der Waals surface area (Å²) in [6, 6.07) is 12.6.